The van der Waals surface area contributed by atoms with Crippen molar-refractivity contribution < 1.29 is 29.7 Å². The fraction of sp³-hybridized carbons (Fsp3) is 0.476. The minimum absolute atomic E-state index is 0.258. The molecule has 69 heavy (non-hydrogen) atoms. The van der Waals surface area contributed by atoms with Gasteiger partial charge in [0.2, 0.25) is 0 Å². The minimum atomic E-state index is -0.715. The monoisotopic (exact) mass is 949 g/mol. The number of hydrogen-bond acceptors (Lipinski definition) is 3. The number of aliphatic carboxylic acids is 3. The van der Waals surface area contributed by atoms with E-state index in [0.29, 0.717) is 6.42 Å². The number of unbranched alkanes of at least 4 members (excludes halogenated alkanes) is 6. The Morgan fingerprint density at radius 1 is 0.232 bits per heavy atom. The van der Waals surface area contributed by atoms with E-state index < -0.39 is 17.9 Å². The van der Waals surface area contributed by atoms with Crippen molar-refractivity contribution in [2.24, 2.45) is 0 Å². The van der Waals surface area contributed by atoms with Gasteiger partial charge in [-0.05, 0) is 148 Å². The van der Waals surface area contributed by atoms with Crippen LogP contribution in [0.1, 0.15) is 194 Å². The van der Waals surface area contributed by atoms with E-state index >= 15 is 0 Å². The van der Waals surface area contributed by atoms with Crippen molar-refractivity contribution in [3.8, 4) is 0 Å². The fourth-order valence-corrected chi connectivity index (χ4v) is 5.73. The molecule has 384 valence electrons. The molecule has 0 radical (unpaired) electrons. The highest BCUT2D eigenvalue weighted by Gasteiger charge is 1.96. The predicted molar refractivity (Wildman–Crippen MR) is 302 cm³/mol. The van der Waals surface area contributed by atoms with Crippen molar-refractivity contribution >= 4 is 17.9 Å². The van der Waals surface area contributed by atoms with Crippen LogP contribution in [0.3, 0.4) is 0 Å². The second kappa shape index (κ2) is 64.6. The molecule has 6 heteroatoms. The van der Waals surface area contributed by atoms with Crippen LogP contribution in [0.2, 0.25) is 0 Å². The van der Waals surface area contributed by atoms with Gasteiger partial charge in [-0.15, -0.1) is 0 Å². The van der Waals surface area contributed by atoms with Gasteiger partial charge in [-0.2, -0.15) is 0 Å². The van der Waals surface area contributed by atoms with E-state index in [1.54, 1.807) is 0 Å². The number of carboxylic acids is 3. The van der Waals surface area contributed by atoms with Crippen molar-refractivity contribution in [3.63, 3.8) is 0 Å². The molecule has 0 unspecified atom stereocenters. The molecule has 0 aliphatic carbocycles. The van der Waals surface area contributed by atoms with E-state index in [4.69, 9.17) is 15.3 Å². The van der Waals surface area contributed by atoms with Gasteiger partial charge in [0, 0.05) is 19.3 Å². The molecule has 0 bridgehead atoms. The van der Waals surface area contributed by atoms with Crippen molar-refractivity contribution in [2.75, 3.05) is 0 Å². The third kappa shape index (κ3) is 77.0. The van der Waals surface area contributed by atoms with Crippen LogP contribution in [0.4, 0.5) is 0 Å². The van der Waals surface area contributed by atoms with Gasteiger partial charge in [-0.25, -0.2) is 0 Å². The van der Waals surface area contributed by atoms with Gasteiger partial charge in [0.25, 0.3) is 0 Å². The Morgan fingerprint density at radius 2 is 0.406 bits per heavy atom. The first-order valence-electron chi connectivity index (χ1n) is 26.2. The van der Waals surface area contributed by atoms with Gasteiger partial charge in [-0.1, -0.05) is 209 Å². The summed E-state index contributed by atoms with van der Waals surface area (Å²) in [6.07, 6.45) is 89.6. The average Bonchev–Trinajstić information content (AvgIpc) is 3.33. The second-order valence-electron chi connectivity index (χ2n) is 16.0. The first-order chi connectivity index (χ1) is 33.8. The zero-order valence-electron chi connectivity index (χ0n) is 43.5. The smallest absolute Gasteiger partial charge is 0.303 e. The third-order valence-electron chi connectivity index (χ3n) is 9.51. The van der Waals surface area contributed by atoms with E-state index in [0.717, 1.165) is 154 Å². The van der Waals surface area contributed by atoms with E-state index in [-0.39, 0.29) is 12.8 Å². The highest BCUT2D eigenvalue weighted by atomic mass is 16.4. The lowest BCUT2D eigenvalue weighted by Crippen LogP contribution is -1.93. The van der Waals surface area contributed by atoms with Crippen molar-refractivity contribution in [3.05, 3.63) is 182 Å². The molecule has 6 nitrogen and oxygen atoms in total. The van der Waals surface area contributed by atoms with Gasteiger partial charge in [0.05, 0.1) is 0 Å². The van der Waals surface area contributed by atoms with Gasteiger partial charge in [0.1, 0.15) is 0 Å². The first kappa shape index (κ1) is 67.8. The Bertz CT molecular complexity index is 1620. The summed E-state index contributed by atoms with van der Waals surface area (Å²) in [7, 11) is 0. The molecule has 0 spiro atoms. The van der Waals surface area contributed by atoms with Crippen LogP contribution in [0, 0.1) is 0 Å². The summed E-state index contributed by atoms with van der Waals surface area (Å²) < 4.78 is 0. The van der Waals surface area contributed by atoms with E-state index in [1.165, 1.54) is 0 Å². The van der Waals surface area contributed by atoms with Crippen LogP contribution >= 0.6 is 0 Å². The van der Waals surface area contributed by atoms with Gasteiger partial charge in [-0.3, -0.25) is 14.4 Å². The Morgan fingerprint density at radius 3 is 0.638 bits per heavy atom. The number of carboxylic acid groups (broad SMARTS) is 3. The zero-order valence-corrected chi connectivity index (χ0v) is 43.5. The number of carbonyl (C=O) groups is 3. The maximum Gasteiger partial charge on any atom is 0.303 e. The van der Waals surface area contributed by atoms with Crippen molar-refractivity contribution in [2.45, 2.75) is 194 Å². The molecule has 0 heterocycles. The van der Waals surface area contributed by atoms with E-state index in [2.05, 4.69) is 203 Å². The molecule has 0 atom stereocenters. The van der Waals surface area contributed by atoms with Crippen LogP contribution in [-0.4, -0.2) is 33.2 Å². The predicted octanol–water partition coefficient (Wildman–Crippen LogP) is 19.1. The third-order valence-corrected chi connectivity index (χ3v) is 9.51. The molecular weight excluding hydrogens is 853 g/mol. The Hall–Kier alpha value is -5.49. The zero-order chi connectivity index (χ0) is 51.0. The normalized spacial score (nSPS) is 12.7. The van der Waals surface area contributed by atoms with E-state index in [1.807, 2.05) is 0 Å². The molecule has 0 aromatic heterocycles. The van der Waals surface area contributed by atoms with Crippen molar-refractivity contribution in [1.82, 2.24) is 0 Å². The second-order valence-corrected chi connectivity index (χ2v) is 16.0. The van der Waals surface area contributed by atoms with Gasteiger partial charge in [0.15, 0.2) is 0 Å². The van der Waals surface area contributed by atoms with Crippen LogP contribution in [-0.2, 0) is 14.4 Å². The van der Waals surface area contributed by atoms with Gasteiger partial charge < -0.3 is 15.3 Å². The van der Waals surface area contributed by atoms with Crippen molar-refractivity contribution in [1.29, 1.82) is 0 Å². The summed E-state index contributed by atoms with van der Waals surface area (Å²) in [5.74, 6) is -2.11. The van der Waals surface area contributed by atoms with Crippen LogP contribution in [0.5, 0.6) is 0 Å². The molecule has 0 aromatic carbocycles. The summed E-state index contributed by atoms with van der Waals surface area (Å²) in [6, 6.07) is 0. The Kier molecular flexibility index (Phi) is 63.4. The molecule has 0 saturated carbocycles. The minimum Gasteiger partial charge on any atom is -0.481 e. The maximum absolute atomic E-state index is 10.3. The first-order valence-corrected chi connectivity index (χ1v) is 26.2. The largest absolute Gasteiger partial charge is 0.481 e. The summed E-state index contributed by atoms with van der Waals surface area (Å²) in [4.78, 5) is 31.0. The average molecular weight is 949 g/mol. The van der Waals surface area contributed by atoms with Gasteiger partial charge >= 0.3 is 17.9 Å². The lowest BCUT2D eigenvalue weighted by molar-refractivity contribution is -0.138. The molecule has 0 aliphatic rings. The number of hydrogen-bond donors (Lipinski definition) is 3. The number of allylic oxidation sites excluding steroid dienone is 30. The molecule has 0 rings (SSSR count). The molecular formula is C63H96O6. The number of rotatable bonds is 42. The lowest BCUT2D eigenvalue weighted by Gasteiger charge is -1.94. The van der Waals surface area contributed by atoms with Crippen LogP contribution in [0.15, 0.2) is 182 Å². The Balaban J connectivity index is -0.000000948. The molecule has 0 fully saturated rings. The highest BCUT2D eigenvalue weighted by Crippen LogP contribution is 2.05. The topological polar surface area (TPSA) is 112 Å². The van der Waals surface area contributed by atoms with E-state index in [9.17, 15) is 14.4 Å². The van der Waals surface area contributed by atoms with Crippen LogP contribution < -0.4 is 0 Å². The molecule has 0 aromatic rings. The molecule has 0 saturated heterocycles. The Labute approximate surface area is 422 Å². The quantitative estimate of drug-likeness (QED) is 0.0415. The molecule has 0 aliphatic heterocycles. The highest BCUT2D eigenvalue weighted by molar-refractivity contribution is 5.67. The molecule has 0 amide bonds. The maximum atomic E-state index is 10.3. The standard InChI is InChI=1S/C22H34O2.C21H32O2.C20H30O2/c1-2-3-4-5-6-7-8-9-10-11-12-13-14-15-16-17-18-19-20-21-22(23)24;1-2-3-4-5-6-7-8-9-10-11-12-13-14-15-16-17-18-19-20-21(22)23;1-2-3-4-5-6-7-8-9-10-11-12-13-14-15-16-17-18-19-20(21)22/h3-4,6-7,9-10,12-13,15-16H,2,5,8,11,14,17-21H2,1H3,(H,23,24);3-4,6-7,9-10,12-13,15-16H,2,5,8,11,14,17-20H2,1H3,(H,22,23);3-4,6-7,9-10,12-13,15-16H,2,5,8,11,14,17-19H2,1H3,(H,21,22)/b3*4-3+,7-6+,10-9+,13-12+,16-15+. The molecule has 3 N–H and O–H groups in total. The summed E-state index contributed by atoms with van der Waals surface area (Å²) in [6.45, 7) is 6.44. The summed E-state index contributed by atoms with van der Waals surface area (Å²) >= 11 is 0. The SMILES string of the molecule is CC/C=C/C/C=C/C/C=C/C/C=C/C/C=C/CCCC(=O)O.CC/C=C/C/C=C/C/C=C/C/C=C/C/C=C/CCCCC(=O)O.CC/C=C/C/C=C/C/C=C/C/C=C/C/C=C/CCCCCC(=O)O. The van der Waals surface area contributed by atoms with Crippen LogP contribution in [0.25, 0.3) is 0 Å². The summed E-state index contributed by atoms with van der Waals surface area (Å²) in [5, 5.41) is 25.5. The fourth-order valence-electron chi connectivity index (χ4n) is 5.73. The lowest BCUT2D eigenvalue weighted by atomic mass is 10.1. The summed E-state index contributed by atoms with van der Waals surface area (Å²) in [5.41, 5.74) is 0.